The van der Waals surface area contributed by atoms with Crippen molar-refractivity contribution >= 4 is 5.97 Å². The predicted octanol–water partition coefficient (Wildman–Crippen LogP) is 1.59. The lowest BCUT2D eigenvalue weighted by Gasteiger charge is -2.29. The van der Waals surface area contributed by atoms with E-state index in [2.05, 4.69) is 13.8 Å². The number of carbonyl (C=O) groups excluding carboxylic acids is 1. The second-order valence-corrected chi connectivity index (χ2v) is 4.85. The van der Waals surface area contributed by atoms with E-state index < -0.39 is 0 Å². The summed E-state index contributed by atoms with van der Waals surface area (Å²) in [5.74, 6) is 1.93. The summed E-state index contributed by atoms with van der Waals surface area (Å²) in [6.07, 6.45) is 2.64. The molecule has 0 spiro atoms. The van der Waals surface area contributed by atoms with Gasteiger partial charge in [-0.1, -0.05) is 6.92 Å². The van der Waals surface area contributed by atoms with E-state index >= 15 is 0 Å². The molecule has 3 aliphatic rings. The van der Waals surface area contributed by atoms with Gasteiger partial charge in [0.2, 0.25) is 0 Å². The standard InChI is InChI=1S/C10H14O2/c1-5-6-3-7-8(4-6)12-9(11)10(5,7)2/h5-8H,3-4H2,1-2H3. The fourth-order valence-electron chi connectivity index (χ4n) is 3.64. The number of rotatable bonds is 0. The van der Waals surface area contributed by atoms with Crippen LogP contribution in [-0.2, 0) is 9.53 Å². The van der Waals surface area contributed by atoms with E-state index in [1.165, 1.54) is 6.42 Å². The molecule has 0 aromatic carbocycles. The van der Waals surface area contributed by atoms with Crippen molar-refractivity contribution in [3.8, 4) is 0 Å². The number of fused-ring (bicyclic) bond motifs is 1. The van der Waals surface area contributed by atoms with Crippen LogP contribution in [0.4, 0.5) is 0 Å². The zero-order chi connectivity index (χ0) is 8.51. The van der Waals surface area contributed by atoms with Crippen LogP contribution in [0.1, 0.15) is 26.7 Å². The third-order valence-corrected chi connectivity index (χ3v) is 4.66. The van der Waals surface area contributed by atoms with Gasteiger partial charge in [0, 0.05) is 5.92 Å². The third-order valence-electron chi connectivity index (χ3n) is 4.66. The zero-order valence-corrected chi connectivity index (χ0v) is 7.54. The molecule has 0 aromatic heterocycles. The fourth-order valence-corrected chi connectivity index (χ4v) is 3.64. The lowest BCUT2D eigenvalue weighted by Crippen LogP contribution is -2.35. The van der Waals surface area contributed by atoms with Crippen LogP contribution in [0.25, 0.3) is 0 Å². The summed E-state index contributed by atoms with van der Waals surface area (Å²) in [6.45, 7) is 4.32. The lowest BCUT2D eigenvalue weighted by atomic mass is 9.69. The molecule has 1 aliphatic heterocycles. The lowest BCUT2D eigenvalue weighted by molar-refractivity contribution is -0.148. The van der Waals surface area contributed by atoms with Gasteiger partial charge in [0.25, 0.3) is 0 Å². The molecule has 0 N–H and O–H groups in total. The molecule has 2 bridgehead atoms. The van der Waals surface area contributed by atoms with Crippen LogP contribution in [-0.4, -0.2) is 12.1 Å². The van der Waals surface area contributed by atoms with Crippen molar-refractivity contribution in [1.29, 1.82) is 0 Å². The molecular weight excluding hydrogens is 152 g/mol. The van der Waals surface area contributed by atoms with E-state index in [0.29, 0.717) is 11.8 Å². The minimum atomic E-state index is -0.117. The normalized spacial score (nSPS) is 61.0. The van der Waals surface area contributed by atoms with E-state index in [0.717, 1.165) is 12.3 Å². The Bertz CT molecular complexity index is 261. The number of esters is 1. The fraction of sp³-hybridized carbons (Fsp3) is 0.900. The summed E-state index contributed by atoms with van der Waals surface area (Å²) in [6, 6.07) is 0. The molecule has 66 valence electrons. The highest BCUT2D eigenvalue weighted by atomic mass is 16.6. The van der Waals surface area contributed by atoms with E-state index in [-0.39, 0.29) is 17.5 Å². The first-order valence-corrected chi connectivity index (χ1v) is 4.85. The average molecular weight is 166 g/mol. The van der Waals surface area contributed by atoms with E-state index in [1.807, 2.05) is 0 Å². The largest absolute Gasteiger partial charge is 0.462 e. The summed E-state index contributed by atoms with van der Waals surface area (Å²) < 4.78 is 5.37. The van der Waals surface area contributed by atoms with Crippen molar-refractivity contribution in [3.63, 3.8) is 0 Å². The highest BCUT2D eigenvalue weighted by Crippen LogP contribution is 2.64. The average Bonchev–Trinajstić information content (AvgIpc) is 2.56. The Morgan fingerprint density at radius 1 is 1.50 bits per heavy atom. The topological polar surface area (TPSA) is 26.3 Å². The Morgan fingerprint density at radius 2 is 2.25 bits per heavy atom. The molecular formula is C10H14O2. The molecule has 0 aromatic rings. The molecule has 0 radical (unpaired) electrons. The quantitative estimate of drug-likeness (QED) is 0.511. The van der Waals surface area contributed by atoms with Crippen LogP contribution in [0.2, 0.25) is 0 Å². The van der Waals surface area contributed by atoms with Crippen LogP contribution in [0, 0.1) is 23.2 Å². The van der Waals surface area contributed by atoms with E-state index in [9.17, 15) is 4.79 Å². The molecule has 3 fully saturated rings. The van der Waals surface area contributed by atoms with Crippen molar-refractivity contribution in [2.75, 3.05) is 0 Å². The van der Waals surface area contributed by atoms with Gasteiger partial charge in [0.15, 0.2) is 0 Å². The molecule has 12 heavy (non-hydrogen) atoms. The Labute approximate surface area is 72.3 Å². The maximum absolute atomic E-state index is 11.6. The first-order valence-electron chi connectivity index (χ1n) is 4.85. The third kappa shape index (κ3) is 0.484. The van der Waals surface area contributed by atoms with Gasteiger partial charge in [-0.15, -0.1) is 0 Å². The van der Waals surface area contributed by atoms with Gasteiger partial charge >= 0.3 is 5.97 Å². The van der Waals surface area contributed by atoms with Gasteiger partial charge in [-0.3, -0.25) is 4.79 Å². The number of hydrogen-bond donors (Lipinski definition) is 0. The summed E-state index contributed by atoms with van der Waals surface area (Å²) >= 11 is 0. The van der Waals surface area contributed by atoms with Gasteiger partial charge in [0.1, 0.15) is 6.10 Å². The van der Waals surface area contributed by atoms with Gasteiger partial charge < -0.3 is 4.74 Å². The van der Waals surface area contributed by atoms with E-state index in [1.54, 1.807) is 0 Å². The van der Waals surface area contributed by atoms with Crippen LogP contribution >= 0.6 is 0 Å². The molecule has 1 heterocycles. The van der Waals surface area contributed by atoms with Crippen molar-refractivity contribution < 1.29 is 9.53 Å². The summed E-state index contributed by atoms with van der Waals surface area (Å²) in [5, 5.41) is 0. The Hall–Kier alpha value is -0.530. The Kier molecular flexibility index (Phi) is 0.984. The summed E-state index contributed by atoms with van der Waals surface area (Å²) in [5.41, 5.74) is -0.117. The first kappa shape index (κ1) is 6.93. The Morgan fingerprint density at radius 3 is 2.83 bits per heavy atom. The second kappa shape index (κ2) is 1.70. The van der Waals surface area contributed by atoms with Crippen molar-refractivity contribution in [2.45, 2.75) is 32.8 Å². The maximum Gasteiger partial charge on any atom is 0.312 e. The molecule has 2 aliphatic carbocycles. The van der Waals surface area contributed by atoms with Crippen molar-refractivity contribution in [1.82, 2.24) is 0 Å². The smallest absolute Gasteiger partial charge is 0.312 e. The molecule has 2 nitrogen and oxygen atoms in total. The maximum atomic E-state index is 11.6. The molecule has 3 rings (SSSR count). The first-order chi connectivity index (χ1) is 5.64. The van der Waals surface area contributed by atoms with Gasteiger partial charge in [-0.05, 0) is 31.6 Å². The van der Waals surface area contributed by atoms with E-state index in [4.69, 9.17) is 4.74 Å². The second-order valence-electron chi connectivity index (χ2n) is 4.85. The Balaban J connectivity index is 2.14. The van der Waals surface area contributed by atoms with Crippen LogP contribution in [0.3, 0.4) is 0 Å². The molecule has 1 saturated heterocycles. The predicted molar refractivity (Wildman–Crippen MR) is 43.4 cm³/mol. The molecule has 2 heteroatoms. The van der Waals surface area contributed by atoms with Crippen LogP contribution in [0.5, 0.6) is 0 Å². The van der Waals surface area contributed by atoms with Gasteiger partial charge in [-0.2, -0.15) is 0 Å². The highest BCUT2D eigenvalue weighted by molar-refractivity contribution is 5.81. The molecule has 5 atom stereocenters. The van der Waals surface area contributed by atoms with Crippen LogP contribution < -0.4 is 0 Å². The zero-order valence-electron chi connectivity index (χ0n) is 7.54. The molecule has 2 saturated carbocycles. The number of hydrogen-bond acceptors (Lipinski definition) is 2. The van der Waals surface area contributed by atoms with Crippen LogP contribution in [0.15, 0.2) is 0 Å². The monoisotopic (exact) mass is 166 g/mol. The minimum Gasteiger partial charge on any atom is -0.462 e. The minimum absolute atomic E-state index is 0.0741. The number of ether oxygens (including phenoxy) is 1. The molecule has 0 amide bonds. The van der Waals surface area contributed by atoms with Crippen molar-refractivity contribution in [2.24, 2.45) is 23.2 Å². The number of carbonyl (C=O) groups is 1. The van der Waals surface area contributed by atoms with Gasteiger partial charge in [0.05, 0.1) is 5.41 Å². The highest BCUT2D eigenvalue weighted by Gasteiger charge is 2.67. The summed E-state index contributed by atoms with van der Waals surface area (Å²) in [7, 11) is 0. The SMILES string of the molecule is CC1C2CC3OC(=O)C1(C)C3C2. The van der Waals surface area contributed by atoms with Crippen molar-refractivity contribution in [3.05, 3.63) is 0 Å². The van der Waals surface area contributed by atoms with Gasteiger partial charge in [-0.25, -0.2) is 0 Å². The molecule has 5 unspecified atom stereocenters. The summed E-state index contributed by atoms with van der Waals surface area (Å²) in [4.78, 5) is 11.6.